The van der Waals surface area contributed by atoms with Crippen molar-refractivity contribution >= 4 is 21.4 Å². The van der Waals surface area contributed by atoms with E-state index in [0.29, 0.717) is 17.5 Å². The lowest BCUT2D eigenvalue weighted by atomic mass is 9.67. The van der Waals surface area contributed by atoms with Gasteiger partial charge in [-0.1, -0.05) is 176 Å². The van der Waals surface area contributed by atoms with E-state index in [-0.39, 0.29) is 0 Å². The lowest BCUT2D eigenvalue weighted by molar-refractivity contribution is 0.768. The van der Waals surface area contributed by atoms with Gasteiger partial charge in [-0.2, -0.15) is 0 Å². The van der Waals surface area contributed by atoms with Crippen LogP contribution in [0.2, 0.25) is 0 Å². The summed E-state index contributed by atoms with van der Waals surface area (Å²) in [6.07, 6.45) is 0. The monoisotopic (exact) mass is 681 g/mol. The van der Waals surface area contributed by atoms with Gasteiger partial charge in [0.15, 0.2) is 17.5 Å². The molecule has 0 spiro atoms. The fourth-order valence-electron chi connectivity index (χ4n) is 7.93. The average Bonchev–Trinajstić information content (AvgIpc) is 3.80. The van der Waals surface area contributed by atoms with Gasteiger partial charge in [0.2, 0.25) is 0 Å². The summed E-state index contributed by atoms with van der Waals surface area (Å²) in [5, 5.41) is 1.27. The number of aromatic nitrogens is 3. The van der Waals surface area contributed by atoms with Crippen molar-refractivity contribution < 1.29 is 0 Å². The second-order valence-corrected chi connectivity index (χ2v) is 14.2. The van der Waals surface area contributed by atoms with Crippen LogP contribution in [0, 0.1) is 0 Å². The number of rotatable bonds is 6. The Morgan fingerprint density at radius 1 is 0.385 bits per heavy atom. The van der Waals surface area contributed by atoms with Gasteiger partial charge in [0.05, 0.1) is 5.41 Å². The van der Waals surface area contributed by atoms with Gasteiger partial charge >= 0.3 is 0 Å². The van der Waals surface area contributed by atoms with Crippen molar-refractivity contribution in [3.05, 3.63) is 210 Å². The Morgan fingerprint density at radius 3 is 1.60 bits per heavy atom. The summed E-state index contributed by atoms with van der Waals surface area (Å²) in [6, 6.07) is 66.8. The Morgan fingerprint density at radius 2 is 0.904 bits per heavy atom. The molecule has 1 aliphatic rings. The maximum Gasteiger partial charge on any atom is 0.164 e. The van der Waals surface area contributed by atoms with Crippen LogP contribution in [0.1, 0.15) is 22.3 Å². The Labute approximate surface area is 306 Å². The molecule has 0 N–H and O–H groups in total. The predicted molar refractivity (Wildman–Crippen MR) is 214 cm³/mol. The first-order valence-electron chi connectivity index (χ1n) is 17.5. The number of hydrogen-bond acceptors (Lipinski definition) is 4. The van der Waals surface area contributed by atoms with E-state index in [9.17, 15) is 0 Å². The molecule has 4 heteroatoms. The Kier molecular flexibility index (Phi) is 7.22. The highest BCUT2D eigenvalue weighted by Gasteiger charge is 2.47. The summed E-state index contributed by atoms with van der Waals surface area (Å²) < 4.78 is 1.29. The van der Waals surface area contributed by atoms with Crippen LogP contribution < -0.4 is 0 Å². The van der Waals surface area contributed by atoms with Crippen molar-refractivity contribution in [2.24, 2.45) is 0 Å². The SMILES string of the molecule is c1ccc(-c2nc(-c3ccc(-c4cc5ccccc5s4)cc3)nc(-c3cccc4c3-c3ccccc3C4(c3ccccc3)c3ccccc3)n2)cc1. The zero-order valence-corrected chi connectivity index (χ0v) is 29.0. The maximum absolute atomic E-state index is 5.26. The minimum atomic E-state index is -0.509. The van der Waals surface area contributed by atoms with Gasteiger partial charge in [0, 0.05) is 26.3 Å². The molecule has 9 aromatic rings. The van der Waals surface area contributed by atoms with Crippen LogP contribution in [0.25, 0.3) is 65.8 Å². The van der Waals surface area contributed by atoms with E-state index in [2.05, 4.69) is 170 Å². The van der Waals surface area contributed by atoms with Crippen LogP contribution in [-0.4, -0.2) is 15.0 Å². The second-order valence-electron chi connectivity index (χ2n) is 13.2. The summed E-state index contributed by atoms with van der Waals surface area (Å²) in [4.78, 5) is 16.8. The van der Waals surface area contributed by atoms with Crippen LogP contribution in [0.15, 0.2) is 188 Å². The number of hydrogen-bond donors (Lipinski definition) is 0. The Bertz CT molecular complexity index is 2650. The minimum Gasteiger partial charge on any atom is -0.208 e. The van der Waals surface area contributed by atoms with Crippen LogP contribution in [-0.2, 0) is 5.41 Å². The van der Waals surface area contributed by atoms with Gasteiger partial charge in [-0.15, -0.1) is 11.3 Å². The molecule has 2 heterocycles. The Hall–Kier alpha value is -6.49. The molecule has 0 fully saturated rings. The van der Waals surface area contributed by atoms with Crippen molar-refractivity contribution in [2.45, 2.75) is 5.41 Å². The molecule has 0 bridgehead atoms. The highest BCUT2D eigenvalue weighted by molar-refractivity contribution is 7.22. The van der Waals surface area contributed by atoms with E-state index < -0.39 is 5.41 Å². The van der Waals surface area contributed by atoms with E-state index in [1.807, 2.05) is 29.5 Å². The molecule has 244 valence electrons. The van der Waals surface area contributed by atoms with Crippen molar-refractivity contribution in [1.82, 2.24) is 15.0 Å². The second kappa shape index (κ2) is 12.4. The zero-order chi connectivity index (χ0) is 34.5. The molecule has 0 aliphatic heterocycles. The third-order valence-electron chi connectivity index (χ3n) is 10.2. The van der Waals surface area contributed by atoms with Crippen LogP contribution >= 0.6 is 11.3 Å². The smallest absolute Gasteiger partial charge is 0.164 e. The first-order chi connectivity index (χ1) is 25.8. The first kappa shape index (κ1) is 30.3. The number of fused-ring (bicyclic) bond motifs is 4. The summed E-state index contributed by atoms with van der Waals surface area (Å²) >= 11 is 1.81. The molecule has 0 radical (unpaired) electrons. The fraction of sp³-hybridized carbons (Fsp3) is 0.0208. The van der Waals surface area contributed by atoms with Gasteiger partial charge in [0.1, 0.15) is 0 Å². The zero-order valence-electron chi connectivity index (χ0n) is 28.1. The van der Waals surface area contributed by atoms with Gasteiger partial charge in [-0.3, -0.25) is 0 Å². The lowest BCUT2D eigenvalue weighted by Crippen LogP contribution is -2.28. The summed E-state index contributed by atoms with van der Waals surface area (Å²) in [7, 11) is 0. The molecular formula is C48H31N3S. The van der Waals surface area contributed by atoms with Gasteiger partial charge < -0.3 is 0 Å². The summed E-state index contributed by atoms with van der Waals surface area (Å²) in [6.45, 7) is 0. The van der Waals surface area contributed by atoms with E-state index >= 15 is 0 Å². The lowest BCUT2D eigenvalue weighted by Gasteiger charge is -2.33. The molecular weight excluding hydrogens is 651 g/mol. The first-order valence-corrected chi connectivity index (χ1v) is 18.3. The van der Waals surface area contributed by atoms with Gasteiger partial charge in [-0.05, 0) is 56.5 Å². The minimum absolute atomic E-state index is 0.509. The topological polar surface area (TPSA) is 38.7 Å². The molecule has 0 saturated heterocycles. The molecule has 10 rings (SSSR count). The van der Waals surface area contributed by atoms with Crippen molar-refractivity contribution in [3.63, 3.8) is 0 Å². The quantitative estimate of drug-likeness (QED) is 0.175. The van der Waals surface area contributed by atoms with Crippen LogP contribution in [0.3, 0.4) is 0 Å². The number of benzene rings is 7. The molecule has 52 heavy (non-hydrogen) atoms. The van der Waals surface area contributed by atoms with E-state index in [1.54, 1.807) is 0 Å². The molecule has 1 aliphatic carbocycles. The molecule has 3 nitrogen and oxygen atoms in total. The highest BCUT2D eigenvalue weighted by atomic mass is 32.1. The van der Waals surface area contributed by atoms with Gasteiger partial charge in [-0.25, -0.2) is 15.0 Å². The van der Waals surface area contributed by atoms with Crippen LogP contribution in [0.5, 0.6) is 0 Å². The summed E-state index contributed by atoms with van der Waals surface area (Å²) in [5.41, 5.74) is 10.8. The van der Waals surface area contributed by atoms with Crippen molar-refractivity contribution in [1.29, 1.82) is 0 Å². The molecule has 0 saturated carbocycles. The normalized spacial score (nSPS) is 12.8. The maximum atomic E-state index is 5.26. The largest absolute Gasteiger partial charge is 0.208 e. The molecule has 2 aromatic heterocycles. The third kappa shape index (κ3) is 4.84. The number of thiophene rings is 1. The fourth-order valence-corrected chi connectivity index (χ4v) is 9.00. The molecule has 0 unspecified atom stereocenters. The number of nitrogens with zero attached hydrogens (tertiary/aromatic N) is 3. The average molecular weight is 682 g/mol. The Balaban J connectivity index is 1.18. The molecule has 7 aromatic carbocycles. The standard InChI is InChI=1S/C48H31N3S/c1-4-15-33(16-5-1)45-49-46(34-29-27-32(28-30-34)43-31-35-17-10-13-26-42(35)52-43)51-47(50-45)39-23-14-25-41-44(39)38-22-11-12-24-40(38)48(41,36-18-6-2-7-19-36)37-20-8-3-9-21-37/h1-31H. The van der Waals surface area contributed by atoms with Crippen molar-refractivity contribution in [2.75, 3.05) is 0 Å². The van der Waals surface area contributed by atoms with E-state index in [0.717, 1.165) is 22.3 Å². The molecule has 0 atom stereocenters. The van der Waals surface area contributed by atoms with Crippen LogP contribution in [0.4, 0.5) is 0 Å². The summed E-state index contributed by atoms with van der Waals surface area (Å²) in [5.74, 6) is 1.95. The van der Waals surface area contributed by atoms with E-state index in [4.69, 9.17) is 15.0 Å². The highest BCUT2D eigenvalue weighted by Crippen LogP contribution is 2.58. The third-order valence-corrected chi connectivity index (χ3v) is 11.4. The van der Waals surface area contributed by atoms with E-state index in [1.165, 1.54) is 48.3 Å². The van der Waals surface area contributed by atoms with Gasteiger partial charge in [0.25, 0.3) is 0 Å². The predicted octanol–water partition coefficient (Wildman–Crippen LogP) is 12.1. The van der Waals surface area contributed by atoms with Crippen molar-refractivity contribution in [3.8, 4) is 55.7 Å². The molecule has 0 amide bonds.